The molecule has 0 bridgehead atoms. The number of hydrogen-bond acceptors (Lipinski definition) is 3. The minimum atomic E-state index is -0.0592. The maximum atomic E-state index is 12.3. The smallest absolute Gasteiger partial charge is 0.238 e. The van der Waals surface area contributed by atoms with Crippen molar-refractivity contribution in [3.05, 3.63) is 35.9 Å². The van der Waals surface area contributed by atoms with Gasteiger partial charge in [0, 0.05) is 18.5 Å². The van der Waals surface area contributed by atoms with Crippen LogP contribution in [-0.2, 0) is 11.2 Å². The second-order valence-electron chi connectivity index (χ2n) is 5.85. The maximum absolute atomic E-state index is 12.3. The lowest BCUT2D eigenvalue weighted by molar-refractivity contribution is -0.123. The minimum absolute atomic E-state index is 0.0592. The van der Waals surface area contributed by atoms with Crippen LogP contribution in [0.25, 0.3) is 0 Å². The van der Waals surface area contributed by atoms with Crippen LogP contribution in [0.3, 0.4) is 0 Å². The molecule has 20 heavy (non-hydrogen) atoms. The van der Waals surface area contributed by atoms with E-state index in [1.165, 1.54) is 24.8 Å². The number of benzene rings is 1. The van der Waals surface area contributed by atoms with Crippen LogP contribution in [0.2, 0.25) is 0 Å². The molecule has 1 aliphatic heterocycles. The third-order valence-electron chi connectivity index (χ3n) is 4.51. The van der Waals surface area contributed by atoms with Gasteiger partial charge in [-0.25, -0.2) is 5.43 Å². The first-order chi connectivity index (χ1) is 9.84. The molecule has 0 aromatic heterocycles. The van der Waals surface area contributed by atoms with Gasteiger partial charge in [0.2, 0.25) is 5.91 Å². The van der Waals surface area contributed by atoms with Gasteiger partial charge in [0.05, 0.1) is 0 Å². The molecule has 3 unspecified atom stereocenters. The zero-order chi connectivity index (χ0) is 13.8. The van der Waals surface area contributed by atoms with Crippen LogP contribution in [0, 0.1) is 5.92 Å². The Kier molecular flexibility index (Phi) is 4.33. The molecule has 1 heterocycles. The van der Waals surface area contributed by atoms with Crippen molar-refractivity contribution in [1.82, 2.24) is 16.2 Å². The lowest BCUT2D eigenvalue weighted by Crippen LogP contribution is -2.46. The van der Waals surface area contributed by atoms with Gasteiger partial charge in [0.25, 0.3) is 0 Å². The first kappa shape index (κ1) is 13.6. The van der Waals surface area contributed by atoms with Crippen LogP contribution < -0.4 is 16.2 Å². The van der Waals surface area contributed by atoms with Crippen molar-refractivity contribution in [2.45, 2.75) is 44.2 Å². The average Bonchev–Trinajstić information content (AvgIpc) is 2.92. The van der Waals surface area contributed by atoms with Gasteiger partial charge < -0.3 is 5.32 Å². The zero-order valence-electron chi connectivity index (χ0n) is 11.8. The highest BCUT2D eigenvalue weighted by molar-refractivity contribution is 5.82. The van der Waals surface area contributed by atoms with Crippen LogP contribution in [0.4, 0.5) is 0 Å². The number of hydrogen-bond donors (Lipinski definition) is 3. The van der Waals surface area contributed by atoms with Crippen molar-refractivity contribution in [3.63, 3.8) is 0 Å². The Morgan fingerprint density at radius 1 is 1.15 bits per heavy atom. The van der Waals surface area contributed by atoms with E-state index in [4.69, 9.17) is 0 Å². The van der Waals surface area contributed by atoms with E-state index in [9.17, 15) is 4.79 Å². The number of rotatable bonds is 4. The van der Waals surface area contributed by atoms with E-state index >= 15 is 0 Å². The molecule has 3 rings (SSSR count). The first-order valence-electron chi connectivity index (χ1n) is 7.67. The van der Waals surface area contributed by atoms with Crippen molar-refractivity contribution in [2.75, 3.05) is 6.54 Å². The summed E-state index contributed by atoms with van der Waals surface area (Å²) >= 11 is 0. The first-order valence-corrected chi connectivity index (χ1v) is 7.67. The molecule has 1 aromatic carbocycles. The quantitative estimate of drug-likeness (QED) is 0.777. The predicted molar refractivity (Wildman–Crippen MR) is 79.0 cm³/mol. The van der Waals surface area contributed by atoms with E-state index in [2.05, 4.69) is 28.3 Å². The molecular formula is C16H23N3O. The summed E-state index contributed by atoms with van der Waals surface area (Å²) in [6.07, 6.45) is 5.75. The van der Waals surface area contributed by atoms with Crippen molar-refractivity contribution in [2.24, 2.45) is 5.92 Å². The number of hydrazine groups is 1. The van der Waals surface area contributed by atoms with E-state index in [1.807, 2.05) is 18.2 Å². The van der Waals surface area contributed by atoms with Crippen LogP contribution in [0.15, 0.2) is 30.3 Å². The van der Waals surface area contributed by atoms with Gasteiger partial charge in [-0.15, -0.1) is 0 Å². The third kappa shape index (κ3) is 3.02. The second kappa shape index (κ2) is 6.37. The highest BCUT2D eigenvalue weighted by atomic mass is 16.2. The van der Waals surface area contributed by atoms with Crippen molar-refractivity contribution < 1.29 is 4.79 Å². The maximum Gasteiger partial charge on any atom is 0.238 e. The fraction of sp³-hybridized carbons (Fsp3) is 0.562. The van der Waals surface area contributed by atoms with Gasteiger partial charge in [-0.2, -0.15) is 0 Å². The summed E-state index contributed by atoms with van der Waals surface area (Å²) in [5.41, 5.74) is 7.74. The summed E-state index contributed by atoms with van der Waals surface area (Å²) in [7, 11) is 0. The van der Waals surface area contributed by atoms with Gasteiger partial charge in [-0.05, 0) is 24.8 Å². The van der Waals surface area contributed by atoms with E-state index in [0.29, 0.717) is 18.5 Å². The molecule has 1 aromatic rings. The number of amides is 1. The summed E-state index contributed by atoms with van der Waals surface area (Å²) in [5, 5.41) is 3.06. The van der Waals surface area contributed by atoms with E-state index in [0.717, 1.165) is 12.8 Å². The van der Waals surface area contributed by atoms with E-state index in [-0.39, 0.29) is 11.9 Å². The topological polar surface area (TPSA) is 53.2 Å². The highest BCUT2D eigenvalue weighted by Gasteiger charge is 2.40. The largest absolute Gasteiger partial charge is 0.354 e. The number of carbonyl (C=O) groups is 1. The number of fused-ring (bicyclic) bond motifs is 1. The standard InChI is InChI=1S/C16H23N3O/c20-16(17-11-10-12-6-2-1-3-7-12)15-13-8-4-5-9-14(13)18-19-15/h1-3,6-7,13-15,18-19H,4-5,8-11H2,(H,17,20). The molecule has 4 heteroatoms. The Labute approximate surface area is 120 Å². The van der Waals surface area contributed by atoms with Crippen LogP contribution in [-0.4, -0.2) is 24.5 Å². The fourth-order valence-corrected chi connectivity index (χ4v) is 3.39. The summed E-state index contributed by atoms with van der Waals surface area (Å²) in [6, 6.07) is 10.7. The average molecular weight is 273 g/mol. The fourth-order valence-electron chi connectivity index (χ4n) is 3.39. The highest BCUT2D eigenvalue weighted by Crippen LogP contribution is 2.29. The Morgan fingerprint density at radius 3 is 2.80 bits per heavy atom. The molecule has 0 radical (unpaired) electrons. The van der Waals surface area contributed by atoms with Crippen molar-refractivity contribution in [3.8, 4) is 0 Å². The SMILES string of the molecule is O=C(NCCc1ccccc1)C1NNC2CCCCC21. The zero-order valence-corrected chi connectivity index (χ0v) is 11.8. The molecule has 2 fully saturated rings. The number of carbonyl (C=O) groups excluding carboxylic acids is 1. The minimum Gasteiger partial charge on any atom is -0.354 e. The van der Waals surface area contributed by atoms with Crippen LogP contribution in [0.1, 0.15) is 31.2 Å². The molecular weight excluding hydrogens is 250 g/mol. The Morgan fingerprint density at radius 2 is 1.95 bits per heavy atom. The van der Waals surface area contributed by atoms with Gasteiger partial charge >= 0.3 is 0 Å². The summed E-state index contributed by atoms with van der Waals surface area (Å²) in [6.45, 7) is 0.707. The molecule has 1 saturated carbocycles. The molecule has 1 amide bonds. The lowest BCUT2D eigenvalue weighted by atomic mass is 9.81. The van der Waals surface area contributed by atoms with Crippen LogP contribution in [0.5, 0.6) is 0 Å². The lowest BCUT2D eigenvalue weighted by Gasteiger charge is -2.26. The number of nitrogens with one attached hydrogen (secondary N) is 3. The predicted octanol–water partition coefficient (Wildman–Crippen LogP) is 1.38. The molecule has 2 aliphatic rings. The van der Waals surface area contributed by atoms with Gasteiger partial charge in [-0.3, -0.25) is 10.2 Å². The second-order valence-corrected chi connectivity index (χ2v) is 5.85. The Balaban J connectivity index is 1.47. The van der Waals surface area contributed by atoms with E-state index in [1.54, 1.807) is 0 Å². The Bertz CT molecular complexity index is 448. The third-order valence-corrected chi connectivity index (χ3v) is 4.51. The van der Waals surface area contributed by atoms with Gasteiger partial charge in [0.1, 0.15) is 6.04 Å². The van der Waals surface area contributed by atoms with Gasteiger partial charge in [-0.1, -0.05) is 43.2 Å². The van der Waals surface area contributed by atoms with Crippen molar-refractivity contribution in [1.29, 1.82) is 0 Å². The molecule has 4 nitrogen and oxygen atoms in total. The van der Waals surface area contributed by atoms with Crippen molar-refractivity contribution >= 4 is 5.91 Å². The molecule has 108 valence electrons. The summed E-state index contributed by atoms with van der Waals surface area (Å²) < 4.78 is 0. The molecule has 0 spiro atoms. The summed E-state index contributed by atoms with van der Waals surface area (Å²) in [4.78, 5) is 12.3. The van der Waals surface area contributed by atoms with E-state index < -0.39 is 0 Å². The monoisotopic (exact) mass is 273 g/mol. The molecule has 3 atom stereocenters. The summed E-state index contributed by atoms with van der Waals surface area (Å²) in [5.74, 6) is 0.600. The molecule has 3 N–H and O–H groups in total. The normalized spacial score (nSPS) is 28.9. The van der Waals surface area contributed by atoms with Crippen LogP contribution >= 0.6 is 0 Å². The molecule has 1 aliphatic carbocycles. The Hall–Kier alpha value is -1.39. The molecule has 1 saturated heterocycles. The van der Waals surface area contributed by atoms with Gasteiger partial charge in [0.15, 0.2) is 0 Å².